The van der Waals surface area contributed by atoms with Crippen molar-refractivity contribution in [2.75, 3.05) is 5.32 Å². The van der Waals surface area contributed by atoms with Crippen LogP contribution in [0.2, 0.25) is 0 Å². The van der Waals surface area contributed by atoms with Crippen molar-refractivity contribution in [2.45, 2.75) is 20.8 Å². The first kappa shape index (κ1) is 15.0. The van der Waals surface area contributed by atoms with E-state index in [4.69, 9.17) is 0 Å². The Hall–Kier alpha value is -2.95. The minimum atomic E-state index is -0.239. The highest BCUT2D eigenvalue weighted by atomic mass is 16.2. The van der Waals surface area contributed by atoms with Crippen molar-refractivity contribution in [1.29, 1.82) is 0 Å². The Morgan fingerprint density at radius 1 is 1.09 bits per heavy atom. The average molecular weight is 306 g/mol. The summed E-state index contributed by atoms with van der Waals surface area (Å²) < 4.78 is 1.68. The predicted octanol–water partition coefficient (Wildman–Crippen LogP) is 3.44. The normalized spacial score (nSPS) is 10.6. The molecule has 116 valence electrons. The number of carbonyl (C=O) groups is 1. The van der Waals surface area contributed by atoms with Crippen molar-refractivity contribution in [1.82, 2.24) is 14.8 Å². The number of carbonyl (C=O) groups excluding carboxylic acids is 1. The van der Waals surface area contributed by atoms with Crippen LogP contribution in [0.4, 0.5) is 5.69 Å². The smallest absolute Gasteiger partial charge is 0.276 e. The molecule has 0 unspecified atom stereocenters. The lowest BCUT2D eigenvalue weighted by Crippen LogP contribution is -2.15. The third-order valence-corrected chi connectivity index (χ3v) is 3.61. The number of amides is 1. The summed E-state index contributed by atoms with van der Waals surface area (Å²) >= 11 is 0. The molecule has 0 aliphatic carbocycles. The van der Waals surface area contributed by atoms with Gasteiger partial charge >= 0.3 is 0 Å². The van der Waals surface area contributed by atoms with Crippen LogP contribution < -0.4 is 5.32 Å². The Bertz CT molecular complexity index is 829. The van der Waals surface area contributed by atoms with Gasteiger partial charge in [-0.15, -0.1) is 0 Å². The molecule has 0 bridgehead atoms. The Kier molecular flexibility index (Phi) is 3.93. The molecule has 5 heteroatoms. The Labute approximate surface area is 135 Å². The Balaban J connectivity index is 1.84. The summed E-state index contributed by atoms with van der Waals surface area (Å²) in [6, 6.07) is 13.3. The van der Waals surface area contributed by atoms with Crippen LogP contribution in [0.25, 0.3) is 5.69 Å². The van der Waals surface area contributed by atoms with Crippen LogP contribution >= 0.6 is 0 Å². The molecule has 0 spiro atoms. The maximum atomic E-state index is 12.4. The van der Waals surface area contributed by atoms with Crippen molar-refractivity contribution >= 4 is 11.6 Å². The van der Waals surface area contributed by atoms with Crippen LogP contribution in [0.15, 0.2) is 48.7 Å². The van der Waals surface area contributed by atoms with E-state index in [2.05, 4.69) is 15.4 Å². The molecule has 1 N–H and O–H groups in total. The number of aromatic nitrogens is 3. The first-order valence-corrected chi connectivity index (χ1v) is 7.42. The molecule has 0 saturated heterocycles. The first-order chi connectivity index (χ1) is 11.0. The monoisotopic (exact) mass is 306 g/mol. The van der Waals surface area contributed by atoms with Gasteiger partial charge in [-0.2, -0.15) is 5.10 Å². The quantitative estimate of drug-likeness (QED) is 0.806. The summed E-state index contributed by atoms with van der Waals surface area (Å²) in [6.45, 7) is 5.78. The molecule has 1 aromatic carbocycles. The number of aryl methyl sites for hydroxylation is 3. The van der Waals surface area contributed by atoms with E-state index in [0.717, 1.165) is 28.3 Å². The van der Waals surface area contributed by atoms with Crippen molar-refractivity contribution in [3.05, 3.63) is 71.3 Å². The van der Waals surface area contributed by atoms with E-state index in [0.29, 0.717) is 5.69 Å². The second kappa shape index (κ2) is 6.04. The van der Waals surface area contributed by atoms with Crippen LogP contribution in [-0.4, -0.2) is 20.7 Å². The number of benzene rings is 1. The average Bonchev–Trinajstić information content (AvgIpc) is 3.01. The van der Waals surface area contributed by atoms with Gasteiger partial charge in [0.05, 0.1) is 17.1 Å². The van der Waals surface area contributed by atoms with E-state index < -0.39 is 0 Å². The highest BCUT2D eigenvalue weighted by Crippen LogP contribution is 2.20. The number of nitrogens with zero attached hydrogens (tertiary/aromatic N) is 3. The molecule has 5 nitrogen and oxygen atoms in total. The number of nitrogens with one attached hydrogen (secondary N) is 1. The molecule has 2 heterocycles. The molecule has 2 aromatic heterocycles. The molecule has 0 fully saturated rings. The molecule has 3 aromatic rings. The third kappa shape index (κ3) is 3.13. The third-order valence-electron chi connectivity index (χ3n) is 3.61. The second-order valence-corrected chi connectivity index (χ2v) is 5.48. The minimum Gasteiger partial charge on any atom is -0.319 e. The van der Waals surface area contributed by atoms with E-state index in [1.54, 1.807) is 16.9 Å². The first-order valence-electron chi connectivity index (χ1n) is 7.42. The summed E-state index contributed by atoms with van der Waals surface area (Å²) in [5.41, 5.74) is 4.76. The van der Waals surface area contributed by atoms with Crippen LogP contribution in [0.5, 0.6) is 0 Å². The number of rotatable bonds is 3. The lowest BCUT2D eigenvalue weighted by atomic mass is 10.1. The Morgan fingerprint density at radius 2 is 1.83 bits per heavy atom. The molecule has 0 atom stereocenters. The molecule has 23 heavy (non-hydrogen) atoms. The molecule has 1 amide bonds. The van der Waals surface area contributed by atoms with Gasteiger partial charge in [0.15, 0.2) is 5.69 Å². The van der Waals surface area contributed by atoms with Gasteiger partial charge < -0.3 is 5.32 Å². The van der Waals surface area contributed by atoms with Gasteiger partial charge in [-0.3, -0.25) is 9.78 Å². The molecular weight excluding hydrogens is 288 g/mol. The van der Waals surface area contributed by atoms with E-state index in [-0.39, 0.29) is 5.91 Å². The van der Waals surface area contributed by atoms with Gasteiger partial charge in [-0.1, -0.05) is 18.2 Å². The number of para-hydroxylation sites is 1. The van der Waals surface area contributed by atoms with Crippen molar-refractivity contribution in [3.8, 4) is 5.69 Å². The zero-order chi connectivity index (χ0) is 16.4. The van der Waals surface area contributed by atoms with Gasteiger partial charge in [0.2, 0.25) is 0 Å². The van der Waals surface area contributed by atoms with E-state index >= 15 is 0 Å². The predicted molar refractivity (Wildman–Crippen MR) is 90.0 cm³/mol. The van der Waals surface area contributed by atoms with Crippen LogP contribution in [-0.2, 0) is 0 Å². The standard InChI is InChI=1S/C18H18N4O/c1-12-11-13(2)19-14(3)17(12)20-18(23)16-9-10-22(21-16)15-7-5-4-6-8-15/h4-11H,1-3H3,(H,20,23). The maximum Gasteiger partial charge on any atom is 0.276 e. The fourth-order valence-electron chi connectivity index (χ4n) is 2.56. The molecular formula is C18H18N4O. The minimum absolute atomic E-state index is 0.239. The molecule has 0 saturated carbocycles. The maximum absolute atomic E-state index is 12.4. The van der Waals surface area contributed by atoms with E-state index in [9.17, 15) is 4.79 Å². The fourth-order valence-corrected chi connectivity index (χ4v) is 2.56. The number of hydrogen-bond donors (Lipinski definition) is 1. The number of pyridine rings is 1. The van der Waals surface area contributed by atoms with Gasteiger partial charge in [0.25, 0.3) is 5.91 Å². The largest absolute Gasteiger partial charge is 0.319 e. The van der Waals surface area contributed by atoms with E-state index in [1.165, 1.54) is 0 Å². The number of anilines is 1. The van der Waals surface area contributed by atoms with E-state index in [1.807, 2.05) is 57.2 Å². The number of hydrogen-bond acceptors (Lipinski definition) is 3. The van der Waals surface area contributed by atoms with Crippen LogP contribution in [0, 0.1) is 20.8 Å². The fraction of sp³-hybridized carbons (Fsp3) is 0.167. The van der Waals surface area contributed by atoms with Crippen molar-refractivity contribution in [3.63, 3.8) is 0 Å². The lowest BCUT2D eigenvalue weighted by Gasteiger charge is -2.11. The van der Waals surface area contributed by atoms with Crippen molar-refractivity contribution in [2.24, 2.45) is 0 Å². The van der Waals surface area contributed by atoms with Gasteiger partial charge in [-0.05, 0) is 50.6 Å². The molecule has 3 rings (SSSR count). The van der Waals surface area contributed by atoms with Crippen molar-refractivity contribution < 1.29 is 4.79 Å². The summed E-state index contributed by atoms with van der Waals surface area (Å²) in [7, 11) is 0. The highest BCUT2D eigenvalue weighted by molar-refractivity contribution is 6.03. The molecule has 0 aliphatic heterocycles. The van der Waals surface area contributed by atoms with Gasteiger partial charge in [-0.25, -0.2) is 4.68 Å². The summed E-state index contributed by atoms with van der Waals surface area (Å²) in [5, 5.41) is 7.25. The van der Waals surface area contributed by atoms with Crippen LogP contribution in [0.3, 0.4) is 0 Å². The summed E-state index contributed by atoms with van der Waals surface area (Å²) in [4.78, 5) is 16.8. The molecule has 0 radical (unpaired) electrons. The summed E-state index contributed by atoms with van der Waals surface area (Å²) in [5.74, 6) is -0.239. The topological polar surface area (TPSA) is 59.8 Å². The zero-order valence-electron chi connectivity index (χ0n) is 13.4. The Morgan fingerprint density at radius 3 is 2.52 bits per heavy atom. The van der Waals surface area contributed by atoms with Gasteiger partial charge in [0.1, 0.15) is 0 Å². The highest BCUT2D eigenvalue weighted by Gasteiger charge is 2.14. The van der Waals surface area contributed by atoms with Gasteiger partial charge in [0, 0.05) is 11.9 Å². The zero-order valence-corrected chi connectivity index (χ0v) is 13.4. The van der Waals surface area contributed by atoms with Crippen LogP contribution in [0.1, 0.15) is 27.4 Å². The second-order valence-electron chi connectivity index (χ2n) is 5.48. The molecule has 0 aliphatic rings. The summed E-state index contributed by atoms with van der Waals surface area (Å²) in [6.07, 6.45) is 1.78. The SMILES string of the molecule is Cc1cc(C)c(NC(=O)c2ccn(-c3ccccc3)n2)c(C)n1. The lowest BCUT2D eigenvalue weighted by molar-refractivity contribution is 0.102.